The first-order valence-corrected chi connectivity index (χ1v) is 6.04. The first-order chi connectivity index (χ1) is 8.11. The van der Waals surface area contributed by atoms with Crippen molar-refractivity contribution in [3.63, 3.8) is 0 Å². The molecule has 2 nitrogen and oxygen atoms in total. The van der Waals surface area contributed by atoms with Crippen LogP contribution in [0.4, 0.5) is 0 Å². The fourth-order valence-corrected chi connectivity index (χ4v) is 2.44. The van der Waals surface area contributed by atoms with E-state index in [-0.39, 0.29) is 5.78 Å². The number of carbonyl (C=O) groups excluding carboxylic acids is 1. The molecule has 2 heteroatoms. The van der Waals surface area contributed by atoms with Crippen LogP contribution in [-0.2, 0) is 11.2 Å². The van der Waals surface area contributed by atoms with Gasteiger partial charge in [-0.15, -0.1) is 0 Å². The van der Waals surface area contributed by atoms with Gasteiger partial charge in [0.1, 0.15) is 5.75 Å². The summed E-state index contributed by atoms with van der Waals surface area (Å²) in [5, 5.41) is 0. The highest BCUT2D eigenvalue weighted by atomic mass is 16.5. The average molecular weight is 230 g/mol. The van der Waals surface area contributed by atoms with E-state index < -0.39 is 0 Å². The van der Waals surface area contributed by atoms with Gasteiger partial charge in [0, 0.05) is 11.1 Å². The van der Waals surface area contributed by atoms with Gasteiger partial charge >= 0.3 is 0 Å². The summed E-state index contributed by atoms with van der Waals surface area (Å²) in [5.41, 5.74) is 4.14. The molecule has 0 aromatic heterocycles. The molecule has 0 fully saturated rings. The second-order valence-electron chi connectivity index (χ2n) is 4.67. The quantitative estimate of drug-likeness (QED) is 0.728. The largest absolute Gasteiger partial charge is 0.493 e. The summed E-state index contributed by atoms with van der Waals surface area (Å²) in [6.45, 7) is 6.38. The van der Waals surface area contributed by atoms with Gasteiger partial charge in [0.15, 0.2) is 5.78 Å². The summed E-state index contributed by atoms with van der Waals surface area (Å²) in [4.78, 5) is 11.8. The minimum Gasteiger partial charge on any atom is -0.493 e. The van der Waals surface area contributed by atoms with Crippen LogP contribution in [-0.4, -0.2) is 12.4 Å². The van der Waals surface area contributed by atoms with Gasteiger partial charge in [0.25, 0.3) is 0 Å². The van der Waals surface area contributed by atoms with Crippen LogP contribution in [0, 0.1) is 0 Å². The monoisotopic (exact) mass is 230 g/mol. The van der Waals surface area contributed by atoms with Crippen LogP contribution in [0.2, 0.25) is 0 Å². The number of carbonyl (C=O) groups is 1. The number of Topliss-reactive ketones (excluding diaryl/α,β-unsaturated/α-hetero) is 1. The Morgan fingerprint density at radius 3 is 2.65 bits per heavy atom. The molecule has 17 heavy (non-hydrogen) atoms. The van der Waals surface area contributed by atoms with Crippen molar-refractivity contribution < 1.29 is 9.53 Å². The van der Waals surface area contributed by atoms with E-state index in [4.69, 9.17) is 4.74 Å². The number of ether oxygens (including phenoxy) is 1. The number of hydrogen-bond acceptors (Lipinski definition) is 2. The van der Waals surface area contributed by atoms with E-state index in [2.05, 4.69) is 0 Å². The summed E-state index contributed by atoms with van der Waals surface area (Å²) in [6.07, 6.45) is 2.02. The minimum absolute atomic E-state index is 0.129. The predicted molar refractivity (Wildman–Crippen MR) is 69.2 cm³/mol. The summed E-state index contributed by atoms with van der Waals surface area (Å²) >= 11 is 0. The van der Waals surface area contributed by atoms with Crippen molar-refractivity contribution in [3.8, 4) is 5.75 Å². The molecule has 2 rings (SSSR count). The van der Waals surface area contributed by atoms with Gasteiger partial charge in [0.05, 0.1) is 6.61 Å². The lowest BCUT2D eigenvalue weighted by Crippen LogP contribution is -2.12. The Balaban J connectivity index is 2.59. The predicted octanol–water partition coefficient (Wildman–Crippen LogP) is 3.39. The molecule has 90 valence electrons. The van der Waals surface area contributed by atoms with Crippen LogP contribution >= 0.6 is 0 Å². The van der Waals surface area contributed by atoms with E-state index >= 15 is 0 Å². The van der Waals surface area contributed by atoms with Crippen molar-refractivity contribution in [2.45, 2.75) is 33.6 Å². The molecule has 0 aliphatic carbocycles. The molecule has 1 aromatic rings. The lowest BCUT2D eigenvalue weighted by atomic mass is 9.90. The van der Waals surface area contributed by atoms with Crippen molar-refractivity contribution in [1.82, 2.24) is 0 Å². The molecule has 1 aliphatic heterocycles. The normalized spacial score (nSPS) is 13.6. The van der Waals surface area contributed by atoms with Crippen LogP contribution in [0.3, 0.4) is 0 Å². The van der Waals surface area contributed by atoms with Crippen LogP contribution in [0.5, 0.6) is 5.75 Å². The molecule has 0 spiro atoms. The van der Waals surface area contributed by atoms with Gasteiger partial charge in [-0.1, -0.05) is 17.7 Å². The maximum Gasteiger partial charge on any atom is 0.160 e. The Kier molecular flexibility index (Phi) is 3.32. The molecule has 1 heterocycles. The Hall–Kier alpha value is -1.57. The lowest BCUT2D eigenvalue weighted by molar-refractivity contribution is -0.111. The topological polar surface area (TPSA) is 26.3 Å². The van der Waals surface area contributed by atoms with E-state index in [0.717, 1.165) is 41.9 Å². The second-order valence-corrected chi connectivity index (χ2v) is 4.67. The van der Waals surface area contributed by atoms with Crippen molar-refractivity contribution in [3.05, 3.63) is 34.9 Å². The summed E-state index contributed by atoms with van der Waals surface area (Å²) in [6, 6.07) is 5.98. The molecule has 0 N–H and O–H groups in total. The number of hydrogen-bond donors (Lipinski definition) is 0. The van der Waals surface area contributed by atoms with E-state index in [9.17, 15) is 4.79 Å². The number of rotatable bonds is 2. The highest BCUT2D eigenvalue weighted by Crippen LogP contribution is 2.33. The molecular formula is C15H18O2. The van der Waals surface area contributed by atoms with E-state index in [1.165, 1.54) is 5.56 Å². The second kappa shape index (κ2) is 4.74. The standard InChI is InChI=1S/C15H18O2/c1-10(2)15(11(3)16)13-6-4-8-14-12(13)7-5-9-17-14/h4,6,8H,5,7,9H2,1-3H3. The fourth-order valence-electron chi connectivity index (χ4n) is 2.44. The van der Waals surface area contributed by atoms with Gasteiger partial charge in [-0.3, -0.25) is 4.79 Å². The molecule has 0 bridgehead atoms. The smallest absolute Gasteiger partial charge is 0.160 e. The third-order valence-corrected chi connectivity index (χ3v) is 3.08. The van der Waals surface area contributed by atoms with E-state index in [1.807, 2.05) is 32.0 Å². The molecule has 0 radical (unpaired) electrons. The SMILES string of the molecule is CC(=O)C(=C(C)C)c1cccc2c1CCCO2. The zero-order chi connectivity index (χ0) is 12.4. The summed E-state index contributed by atoms with van der Waals surface area (Å²) in [7, 11) is 0. The van der Waals surface area contributed by atoms with Gasteiger partial charge in [0.2, 0.25) is 0 Å². The molecule has 1 aromatic carbocycles. The molecule has 1 aliphatic rings. The molecule has 0 amide bonds. The first-order valence-electron chi connectivity index (χ1n) is 6.04. The summed E-state index contributed by atoms with van der Waals surface area (Å²) in [5.74, 6) is 1.07. The Morgan fingerprint density at radius 2 is 2.00 bits per heavy atom. The minimum atomic E-state index is 0.129. The summed E-state index contributed by atoms with van der Waals surface area (Å²) < 4.78 is 5.64. The zero-order valence-electron chi connectivity index (χ0n) is 10.7. The van der Waals surface area contributed by atoms with Crippen LogP contribution in [0.25, 0.3) is 5.57 Å². The van der Waals surface area contributed by atoms with Gasteiger partial charge in [-0.05, 0) is 45.2 Å². The van der Waals surface area contributed by atoms with E-state index in [1.54, 1.807) is 6.92 Å². The lowest BCUT2D eigenvalue weighted by Gasteiger charge is -2.21. The fraction of sp³-hybridized carbons (Fsp3) is 0.400. The Bertz CT molecular complexity index is 480. The van der Waals surface area contributed by atoms with Crippen molar-refractivity contribution in [2.75, 3.05) is 6.61 Å². The molecule has 0 saturated heterocycles. The zero-order valence-corrected chi connectivity index (χ0v) is 10.7. The van der Waals surface area contributed by atoms with Crippen molar-refractivity contribution in [2.24, 2.45) is 0 Å². The molecule has 0 saturated carbocycles. The third-order valence-electron chi connectivity index (χ3n) is 3.08. The maximum absolute atomic E-state index is 11.8. The van der Waals surface area contributed by atoms with Crippen LogP contribution in [0.1, 0.15) is 38.3 Å². The number of allylic oxidation sites excluding steroid dienone is 2. The highest BCUT2D eigenvalue weighted by Gasteiger charge is 2.19. The van der Waals surface area contributed by atoms with Gasteiger partial charge < -0.3 is 4.74 Å². The van der Waals surface area contributed by atoms with Crippen LogP contribution in [0.15, 0.2) is 23.8 Å². The third kappa shape index (κ3) is 2.26. The number of fused-ring (bicyclic) bond motifs is 1. The first kappa shape index (κ1) is 11.9. The number of benzene rings is 1. The highest BCUT2D eigenvalue weighted by molar-refractivity contribution is 6.20. The molecular weight excluding hydrogens is 212 g/mol. The van der Waals surface area contributed by atoms with Crippen LogP contribution < -0.4 is 4.74 Å². The Morgan fingerprint density at radius 1 is 1.24 bits per heavy atom. The average Bonchev–Trinajstić information content (AvgIpc) is 2.28. The number of ketones is 1. The maximum atomic E-state index is 11.8. The Labute approximate surface area is 102 Å². The van der Waals surface area contributed by atoms with Gasteiger partial charge in [-0.2, -0.15) is 0 Å². The molecule has 0 atom stereocenters. The van der Waals surface area contributed by atoms with Gasteiger partial charge in [-0.25, -0.2) is 0 Å². The molecule has 0 unspecified atom stereocenters. The van der Waals surface area contributed by atoms with E-state index in [0.29, 0.717) is 0 Å². The van der Waals surface area contributed by atoms with Crippen molar-refractivity contribution in [1.29, 1.82) is 0 Å². The van der Waals surface area contributed by atoms with Crippen molar-refractivity contribution >= 4 is 11.4 Å².